The van der Waals surface area contributed by atoms with Crippen LogP contribution in [0.5, 0.6) is 0 Å². The third kappa shape index (κ3) is 2.12. The minimum atomic E-state index is 0.168. The zero-order valence-electron chi connectivity index (χ0n) is 6.62. The van der Waals surface area contributed by atoms with Gasteiger partial charge >= 0.3 is 0 Å². The highest BCUT2D eigenvalue weighted by Crippen LogP contribution is 2.08. The van der Waals surface area contributed by atoms with Crippen molar-refractivity contribution in [1.82, 2.24) is 9.97 Å². The number of nitrogens with zero attached hydrogens (tertiary/aromatic N) is 2. The zero-order valence-corrected chi connectivity index (χ0v) is 6.62. The van der Waals surface area contributed by atoms with Crippen LogP contribution in [-0.4, -0.2) is 16.5 Å². The van der Waals surface area contributed by atoms with Gasteiger partial charge in [-0.2, -0.15) is 9.97 Å². The molecule has 0 atom stereocenters. The van der Waals surface area contributed by atoms with Gasteiger partial charge < -0.3 is 16.8 Å². The average Bonchev–Trinajstić information content (AvgIpc) is 1.99. The number of nitrogens with one attached hydrogen (secondary N) is 1. The van der Waals surface area contributed by atoms with E-state index in [0.717, 1.165) is 0 Å². The van der Waals surface area contributed by atoms with E-state index in [0.29, 0.717) is 18.2 Å². The minimum absolute atomic E-state index is 0.168. The van der Waals surface area contributed by atoms with Gasteiger partial charge in [-0.05, 0) is 0 Å². The van der Waals surface area contributed by atoms with Gasteiger partial charge in [-0.15, -0.1) is 6.58 Å². The van der Waals surface area contributed by atoms with Gasteiger partial charge in [-0.25, -0.2) is 0 Å². The van der Waals surface area contributed by atoms with Crippen molar-refractivity contribution >= 4 is 17.6 Å². The Labute approximate surface area is 70.5 Å². The van der Waals surface area contributed by atoms with E-state index in [2.05, 4.69) is 21.9 Å². The summed E-state index contributed by atoms with van der Waals surface area (Å²) in [5.74, 6) is 1.13. The zero-order chi connectivity index (χ0) is 8.97. The first-order valence-corrected chi connectivity index (χ1v) is 3.47. The second-order valence-corrected chi connectivity index (χ2v) is 2.21. The van der Waals surface area contributed by atoms with Crippen LogP contribution in [0.25, 0.3) is 0 Å². The van der Waals surface area contributed by atoms with E-state index in [-0.39, 0.29) is 5.95 Å². The van der Waals surface area contributed by atoms with Gasteiger partial charge in [-0.1, -0.05) is 6.08 Å². The summed E-state index contributed by atoms with van der Waals surface area (Å²) in [6.07, 6.45) is 1.72. The highest BCUT2D eigenvalue weighted by Gasteiger charge is 1.96. The first-order valence-electron chi connectivity index (χ1n) is 3.47. The topological polar surface area (TPSA) is 89.8 Å². The second kappa shape index (κ2) is 3.56. The summed E-state index contributed by atoms with van der Waals surface area (Å²) in [4.78, 5) is 7.62. The summed E-state index contributed by atoms with van der Waals surface area (Å²) in [6, 6.07) is 1.61. The van der Waals surface area contributed by atoms with E-state index < -0.39 is 0 Å². The molecule has 0 amide bonds. The predicted molar refractivity (Wildman–Crippen MR) is 49.5 cm³/mol. The molecule has 12 heavy (non-hydrogen) atoms. The molecule has 0 radical (unpaired) electrons. The lowest BCUT2D eigenvalue weighted by Gasteiger charge is -2.03. The van der Waals surface area contributed by atoms with Crippen molar-refractivity contribution < 1.29 is 0 Å². The lowest BCUT2D eigenvalue weighted by Crippen LogP contribution is -2.05. The molecule has 5 nitrogen and oxygen atoms in total. The molecule has 0 unspecified atom stereocenters. The molecule has 0 aliphatic heterocycles. The smallest absolute Gasteiger partial charge is 0.223 e. The molecule has 5 heteroatoms. The number of nitrogen functional groups attached to an aromatic ring is 2. The Kier molecular flexibility index (Phi) is 2.47. The van der Waals surface area contributed by atoms with Crippen molar-refractivity contribution in [2.24, 2.45) is 0 Å². The first-order chi connectivity index (χ1) is 5.72. The van der Waals surface area contributed by atoms with Gasteiger partial charge in [0.2, 0.25) is 5.95 Å². The SMILES string of the molecule is C=CCNc1cc(N)nc(N)n1. The van der Waals surface area contributed by atoms with Crippen molar-refractivity contribution in [1.29, 1.82) is 0 Å². The molecule has 0 saturated carbocycles. The Balaban J connectivity index is 2.78. The van der Waals surface area contributed by atoms with Gasteiger partial charge in [-0.3, -0.25) is 0 Å². The Hall–Kier alpha value is -1.78. The second-order valence-electron chi connectivity index (χ2n) is 2.21. The van der Waals surface area contributed by atoms with Gasteiger partial charge in [0.15, 0.2) is 0 Å². The molecule has 0 bridgehead atoms. The molecule has 0 aliphatic rings. The van der Waals surface area contributed by atoms with Crippen LogP contribution in [0.15, 0.2) is 18.7 Å². The summed E-state index contributed by atoms with van der Waals surface area (Å²) >= 11 is 0. The Morgan fingerprint density at radius 2 is 2.25 bits per heavy atom. The Morgan fingerprint density at radius 3 is 2.83 bits per heavy atom. The summed E-state index contributed by atoms with van der Waals surface area (Å²) < 4.78 is 0. The summed E-state index contributed by atoms with van der Waals surface area (Å²) in [6.45, 7) is 4.17. The molecule has 1 heterocycles. The molecule has 0 saturated heterocycles. The molecule has 0 aromatic carbocycles. The monoisotopic (exact) mass is 165 g/mol. The summed E-state index contributed by atoms with van der Waals surface area (Å²) in [5.41, 5.74) is 10.8. The largest absolute Gasteiger partial charge is 0.383 e. The Morgan fingerprint density at radius 1 is 1.50 bits per heavy atom. The lowest BCUT2D eigenvalue weighted by atomic mass is 10.5. The van der Waals surface area contributed by atoms with Crippen LogP contribution in [0, 0.1) is 0 Å². The minimum Gasteiger partial charge on any atom is -0.383 e. The van der Waals surface area contributed by atoms with Crippen molar-refractivity contribution in [2.75, 3.05) is 23.3 Å². The molecule has 1 aromatic rings. The number of nitrogens with two attached hydrogens (primary N) is 2. The van der Waals surface area contributed by atoms with Crippen molar-refractivity contribution in [3.63, 3.8) is 0 Å². The van der Waals surface area contributed by atoms with Crippen LogP contribution in [0.2, 0.25) is 0 Å². The maximum Gasteiger partial charge on any atom is 0.223 e. The highest BCUT2D eigenvalue weighted by molar-refractivity contribution is 5.48. The van der Waals surface area contributed by atoms with Crippen LogP contribution in [0.1, 0.15) is 0 Å². The van der Waals surface area contributed by atoms with E-state index in [4.69, 9.17) is 11.5 Å². The van der Waals surface area contributed by atoms with Gasteiger partial charge in [0.05, 0.1) is 0 Å². The fourth-order valence-electron chi connectivity index (χ4n) is 0.753. The van der Waals surface area contributed by atoms with Gasteiger partial charge in [0.25, 0.3) is 0 Å². The van der Waals surface area contributed by atoms with Crippen LogP contribution < -0.4 is 16.8 Å². The van der Waals surface area contributed by atoms with E-state index in [1.807, 2.05) is 0 Å². The van der Waals surface area contributed by atoms with Crippen molar-refractivity contribution in [3.8, 4) is 0 Å². The fraction of sp³-hybridized carbons (Fsp3) is 0.143. The molecule has 5 N–H and O–H groups in total. The van der Waals surface area contributed by atoms with E-state index >= 15 is 0 Å². The van der Waals surface area contributed by atoms with E-state index in [1.54, 1.807) is 12.1 Å². The molecular formula is C7H11N5. The Bertz CT molecular complexity index is 263. The van der Waals surface area contributed by atoms with Crippen molar-refractivity contribution in [3.05, 3.63) is 18.7 Å². The summed E-state index contributed by atoms with van der Waals surface area (Å²) in [7, 11) is 0. The van der Waals surface area contributed by atoms with Crippen LogP contribution in [-0.2, 0) is 0 Å². The molecule has 0 spiro atoms. The average molecular weight is 165 g/mol. The van der Waals surface area contributed by atoms with Crippen LogP contribution >= 0.6 is 0 Å². The number of aromatic nitrogens is 2. The third-order valence-corrected chi connectivity index (χ3v) is 1.19. The van der Waals surface area contributed by atoms with Crippen LogP contribution in [0.3, 0.4) is 0 Å². The fourth-order valence-corrected chi connectivity index (χ4v) is 0.753. The number of anilines is 3. The normalized spacial score (nSPS) is 9.33. The predicted octanol–water partition coefficient (Wildman–Crippen LogP) is 0.239. The lowest BCUT2D eigenvalue weighted by molar-refractivity contribution is 1.16. The molecular weight excluding hydrogens is 154 g/mol. The molecule has 64 valence electrons. The maximum atomic E-state index is 5.43. The van der Waals surface area contributed by atoms with Gasteiger partial charge in [0, 0.05) is 12.6 Å². The first kappa shape index (κ1) is 8.32. The molecule has 0 aliphatic carbocycles. The standard InChI is InChI=1S/C7H11N5/c1-2-3-10-6-4-5(8)11-7(9)12-6/h2,4H,1,3H2,(H5,8,9,10,11,12). The number of rotatable bonds is 3. The third-order valence-electron chi connectivity index (χ3n) is 1.19. The molecule has 0 fully saturated rings. The molecule has 1 aromatic heterocycles. The maximum absolute atomic E-state index is 5.43. The van der Waals surface area contributed by atoms with E-state index in [9.17, 15) is 0 Å². The number of hydrogen-bond acceptors (Lipinski definition) is 5. The van der Waals surface area contributed by atoms with E-state index in [1.165, 1.54) is 0 Å². The number of hydrogen-bond donors (Lipinski definition) is 3. The quantitative estimate of drug-likeness (QED) is 0.558. The highest BCUT2D eigenvalue weighted by atomic mass is 15.1. The van der Waals surface area contributed by atoms with Crippen molar-refractivity contribution in [2.45, 2.75) is 0 Å². The molecule has 1 rings (SSSR count). The summed E-state index contributed by atoms with van der Waals surface area (Å²) in [5, 5.41) is 2.95. The van der Waals surface area contributed by atoms with Crippen LogP contribution in [0.4, 0.5) is 17.6 Å². The van der Waals surface area contributed by atoms with Gasteiger partial charge in [0.1, 0.15) is 11.6 Å².